The number of aryl methyl sites for hydroxylation is 1. The van der Waals surface area contributed by atoms with Gasteiger partial charge in [0.25, 0.3) is 5.56 Å². The molecule has 5 heteroatoms. The lowest BCUT2D eigenvalue weighted by Crippen LogP contribution is -2.18. The topological polar surface area (TPSA) is 46.9 Å². The molecular formula is C25H25N3OS. The maximum absolute atomic E-state index is 13.1. The fraction of sp³-hybridized carbons (Fsp3) is 0.200. The summed E-state index contributed by atoms with van der Waals surface area (Å²) in [5, 5.41) is 3.43. The van der Waals surface area contributed by atoms with Crippen LogP contribution in [0.3, 0.4) is 0 Å². The van der Waals surface area contributed by atoms with Crippen molar-refractivity contribution >= 4 is 17.2 Å². The van der Waals surface area contributed by atoms with E-state index in [0.717, 1.165) is 41.8 Å². The molecule has 0 bridgehead atoms. The van der Waals surface area contributed by atoms with E-state index in [-0.39, 0.29) is 5.56 Å². The molecule has 0 fully saturated rings. The van der Waals surface area contributed by atoms with Crippen molar-refractivity contribution in [3.8, 4) is 10.4 Å². The molecule has 0 aliphatic carbocycles. The Hall–Kier alpha value is -3.18. The fourth-order valence-electron chi connectivity index (χ4n) is 3.44. The van der Waals surface area contributed by atoms with Crippen molar-refractivity contribution in [2.45, 2.75) is 25.8 Å². The zero-order chi connectivity index (χ0) is 20.6. The fourth-order valence-corrected chi connectivity index (χ4v) is 4.54. The molecule has 0 saturated carbocycles. The number of aromatic nitrogens is 2. The van der Waals surface area contributed by atoms with Gasteiger partial charge in [0.15, 0.2) is 0 Å². The van der Waals surface area contributed by atoms with Crippen molar-refractivity contribution in [1.82, 2.24) is 8.94 Å². The van der Waals surface area contributed by atoms with E-state index in [1.54, 1.807) is 6.20 Å². The first-order valence-corrected chi connectivity index (χ1v) is 11.0. The normalized spacial score (nSPS) is 10.8. The van der Waals surface area contributed by atoms with Gasteiger partial charge in [0.2, 0.25) is 0 Å². The van der Waals surface area contributed by atoms with E-state index in [1.165, 1.54) is 17.1 Å². The second-order valence-corrected chi connectivity index (χ2v) is 8.27. The largest absolute Gasteiger partial charge is 0.379 e. The minimum absolute atomic E-state index is 0.0331. The van der Waals surface area contributed by atoms with E-state index in [0.29, 0.717) is 12.2 Å². The smallest absolute Gasteiger partial charge is 0.284 e. The first-order chi connectivity index (χ1) is 14.8. The van der Waals surface area contributed by atoms with Crippen LogP contribution in [-0.2, 0) is 13.0 Å². The summed E-state index contributed by atoms with van der Waals surface area (Å²) in [7, 11) is 0. The Morgan fingerprint density at radius 3 is 2.33 bits per heavy atom. The van der Waals surface area contributed by atoms with E-state index in [4.69, 9.17) is 0 Å². The Kier molecular flexibility index (Phi) is 6.72. The molecule has 2 aromatic carbocycles. The third-order valence-corrected chi connectivity index (χ3v) is 6.13. The van der Waals surface area contributed by atoms with Crippen LogP contribution < -0.4 is 10.9 Å². The number of pyridine rings is 1. The summed E-state index contributed by atoms with van der Waals surface area (Å²) in [6, 6.07) is 24.6. The Morgan fingerprint density at radius 1 is 0.867 bits per heavy atom. The molecule has 1 N–H and O–H groups in total. The van der Waals surface area contributed by atoms with Gasteiger partial charge >= 0.3 is 0 Å². The molecule has 0 saturated heterocycles. The number of hydrogen-bond donors (Lipinski definition) is 1. The molecule has 4 aromatic rings. The van der Waals surface area contributed by atoms with Crippen LogP contribution in [0.1, 0.15) is 24.0 Å². The Bertz CT molecular complexity index is 1110. The molecular weight excluding hydrogens is 390 g/mol. The first-order valence-electron chi connectivity index (χ1n) is 10.3. The summed E-state index contributed by atoms with van der Waals surface area (Å²) >= 11 is 1.51. The van der Waals surface area contributed by atoms with Crippen molar-refractivity contribution in [3.05, 3.63) is 107 Å². The zero-order valence-corrected chi connectivity index (χ0v) is 17.6. The van der Waals surface area contributed by atoms with Crippen LogP contribution in [0.4, 0.5) is 5.69 Å². The Labute approximate surface area is 181 Å². The molecule has 152 valence electrons. The SMILES string of the molecule is O=c1c(NCCCCc2ccccc2)c(-c2ccccc2)sn1Cc1cccnc1. The van der Waals surface area contributed by atoms with Gasteiger partial charge in [-0.1, -0.05) is 78.3 Å². The molecule has 2 aromatic heterocycles. The van der Waals surface area contributed by atoms with E-state index >= 15 is 0 Å². The quantitative estimate of drug-likeness (QED) is 0.370. The van der Waals surface area contributed by atoms with Gasteiger partial charge in [-0.05, 0) is 42.0 Å². The number of nitrogens with one attached hydrogen (secondary N) is 1. The van der Waals surface area contributed by atoms with Gasteiger partial charge in [-0.15, -0.1) is 0 Å². The lowest BCUT2D eigenvalue weighted by molar-refractivity contribution is 0.761. The molecule has 0 aliphatic rings. The predicted molar refractivity (Wildman–Crippen MR) is 125 cm³/mol. The second kappa shape index (κ2) is 10.0. The van der Waals surface area contributed by atoms with Crippen molar-refractivity contribution in [3.63, 3.8) is 0 Å². The molecule has 0 atom stereocenters. The number of hydrogen-bond acceptors (Lipinski definition) is 4. The van der Waals surface area contributed by atoms with Crippen molar-refractivity contribution in [1.29, 1.82) is 0 Å². The number of benzene rings is 2. The summed E-state index contributed by atoms with van der Waals surface area (Å²) < 4.78 is 1.81. The van der Waals surface area contributed by atoms with Gasteiger partial charge in [0.1, 0.15) is 5.69 Å². The van der Waals surface area contributed by atoms with Gasteiger partial charge in [-0.3, -0.25) is 13.7 Å². The summed E-state index contributed by atoms with van der Waals surface area (Å²) in [5.74, 6) is 0. The highest BCUT2D eigenvalue weighted by Gasteiger charge is 2.16. The van der Waals surface area contributed by atoms with E-state index < -0.39 is 0 Å². The predicted octanol–water partition coefficient (Wildman–Crippen LogP) is 5.45. The average Bonchev–Trinajstić information content (AvgIpc) is 3.11. The van der Waals surface area contributed by atoms with E-state index in [9.17, 15) is 4.79 Å². The number of rotatable bonds is 9. The highest BCUT2D eigenvalue weighted by Crippen LogP contribution is 2.30. The van der Waals surface area contributed by atoms with Gasteiger partial charge < -0.3 is 5.32 Å². The zero-order valence-electron chi connectivity index (χ0n) is 16.8. The standard InChI is InChI=1S/C25H25N3OS/c29-25-23(27-17-8-7-12-20-10-3-1-4-11-20)24(22-14-5-2-6-15-22)30-28(25)19-21-13-9-16-26-18-21/h1-6,9-11,13-16,18,27H,7-8,12,17,19H2. The van der Waals surface area contributed by atoms with Crippen molar-refractivity contribution in [2.75, 3.05) is 11.9 Å². The summed E-state index contributed by atoms with van der Waals surface area (Å²) in [4.78, 5) is 18.3. The van der Waals surface area contributed by atoms with Crippen LogP contribution in [0.15, 0.2) is 90.0 Å². The van der Waals surface area contributed by atoms with Gasteiger partial charge in [-0.2, -0.15) is 0 Å². The molecule has 0 spiro atoms. The van der Waals surface area contributed by atoms with Crippen molar-refractivity contribution in [2.24, 2.45) is 0 Å². The van der Waals surface area contributed by atoms with Gasteiger partial charge in [0, 0.05) is 18.9 Å². The summed E-state index contributed by atoms with van der Waals surface area (Å²) in [6.07, 6.45) is 6.72. The van der Waals surface area contributed by atoms with Gasteiger partial charge in [-0.25, -0.2) is 0 Å². The lowest BCUT2D eigenvalue weighted by atomic mass is 10.1. The van der Waals surface area contributed by atoms with Crippen LogP contribution >= 0.6 is 11.5 Å². The summed E-state index contributed by atoms with van der Waals surface area (Å²) in [6.45, 7) is 1.32. The minimum Gasteiger partial charge on any atom is -0.379 e. The van der Waals surface area contributed by atoms with Crippen molar-refractivity contribution < 1.29 is 0 Å². The molecule has 0 unspecified atom stereocenters. The Morgan fingerprint density at radius 2 is 1.60 bits per heavy atom. The van der Waals surface area contributed by atoms with E-state index in [2.05, 4.69) is 46.7 Å². The highest BCUT2D eigenvalue weighted by atomic mass is 32.1. The second-order valence-electron chi connectivity index (χ2n) is 7.23. The van der Waals surface area contributed by atoms with Gasteiger partial charge in [0.05, 0.1) is 11.4 Å². The molecule has 30 heavy (non-hydrogen) atoms. The number of anilines is 1. The third kappa shape index (κ3) is 5.05. The van der Waals surface area contributed by atoms with Crippen LogP contribution in [0.25, 0.3) is 10.4 Å². The molecule has 4 nitrogen and oxygen atoms in total. The highest BCUT2D eigenvalue weighted by molar-refractivity contribution is 7.10. The Balaban J connectivity index is 1.48. The molecule has 0 amide bonds. The molecule has 2 heterocycles. The van der Waals surface area contributed by atoms with Crippen LogP contribution in [0, 0.1) is 0 Å². The maximum Gasteiger partial charge on any atom is 0.284 e. The van der Waals surface area contributed by atoms with Crippen LogP contribution in [0.5, 0.6) is 0 Å². The molecule has 0 aliphatic heterocycles. The monoisotopic (exact) mass is 415 g/mol. The number of unbranched alkanes of at least 4 members (excludes halogenated alkanes) is 1. The molecule has 0 radical (unpaired) electrons. The maximum atomic E-state index is 13.1. The van der Waals surface area contributed by atoms with Crippen LogP contribution in [0.2, 0.25) is 0 Å². The first kappa shape index (κ1) is 20.1. The number of nitrogens with zero attached hydrogens (tertiary/aromatic N) is 2. The minimum atomic E-state index is 0.0331. The van der Waals surface area contributed by atoms with E-state index in [1.807, 2.05) is 46.6 Å². The lowest BCUT2D eigenvalue weighted by Gasteiger charge is -2.06. The summed E-state index contributed by atoms with van der Waals surface area (Å²) in [5.41, 5.74) is 4.18. The molecule has 4 rings (SSSR count). The van der Waals surface area contributed by atoms with Crippen LogP contribution in [-0.4, -0.2) is 15.5 Å². The average molecular weight is 416 g/mol. The third-order valence-electron chi connectivity index (χ3n) is 4.99.